The van der Waals surface area contributed by atoms with E-state index in [1.807, 2.05) is 54.6 Å². The van der Waals surface area contributed by atoms with Crippen LogP contribution in [0.2, 0.25) is 0 Å². The number of nitrogens with zero attached hydrogens (tertiary/aromatic N) is 2. The molecule has 0 aliphatic carbocycles. The van der Waals surface area contributed by atoms with Gasteiger partial charge in [-0.15, -0.1) is 11.3 Å². The van der Waals surface area contributed by atoms with Gasteiger partial charge in [-0.3, -0.25) is 10.1 Å². The number of fused-ring (bicyclic) bond motifs is 2. The predicted molar refractivity (Wildman–Crippen MR) is 140 cm³/mol. The van der Waals surface area contributed by atoms with Crippen molar-refractivity contribution in [3.05, 3.63) is 112 Å². The highest BCUT2D eigenvalue weighted by Crippen LogP contribution is 2.30. The highest BCUT2D eigenvalue weighted by atomic mass is 32.1. The highest BCUT2D eigenvalue weighted by molar-refractivity contribution is 7.15. The summed E-state index contributed by atoms with van der Waals surface area (Å²) in [5, 5.41) is 17.2. The molecule has 1 amide bonds. The molecule has 0 atom stereocenters. The molecular weight excluding hydrogens is 438 g/mol. The van der Waals surface area contributed by atoms with Gasteiger partial charge in [-0.05, 0) is 51.7 Å². The molecule has 0 saturated carbocycles. The van der Waals surface area contributed by atoms with E-state index in [1.165, 1.54) is 22.5 Å². The third-order valence-electron chi connectivity index (χ3n) is 5.70. The highest BCUT2D eigenvalue weighted by Gasteiger charge is 2.14. The van der Waals surface area contributed by atoms with Gasteiger partial charge in [0.05, 0.1) is 0 Å². The van der Waals surface area contributed by atoms with Crippen LogP contribution in [0.15, 0.2) is 90.6 Å². The Kier molecular flexibility index (Phi) is 5.90. The number of carbonyl (C=O) groups is 1. The fourth-order valence-corrected chi connectivity index (χ4v) is 4.97. The van der Waals surface area contributed by atoms with Gasteiger partial charge in [0, 0.05) is 17.5 Å². The Balaban J connectivity index is 1.44. The Morgan fingerprint density at radius 2 is 1.71 bits per heavy atom. The zero-order valence-corrected chi connectivity index (χ0v) is 19.4. The van der Waals surface area contributed by atoms with Crippen molar-refractivity contribution in [3.63, 3.8) is 0 Å². The zero-order valence-electron chi connectivity index (χ0n) is 18.6. The quantitative estimate of drug-likeness (QED) is 0.177. The first-order chi connectivity index (χ1) is 16.6. The predicted octanol–water partition coefficient (Wildman–Crippen LogP) is 6.89. The molecule has 5 rings (SSSR count). The normalized spacial score (nSPS) is 11.5. The van der Waals surface area contributed by atoms with Crippen LogP contribution in [0, 0.1) is 18.3 Å². The molecule has 4 nitrogen and oxygen atoms in total. The lowest BCUT2D eigenvalue weighted by molar-refractivity contribution is -0.112. The Labute approximate surface area is 201 Å². The molecule has 0 aliphatic rings. The third kappa shape index (κ3) is 4.45. The summed E-state index contributed by atoms with van der Waals surface area (Å²) in [6.07, 6.45) is 4.20. The van der Waals surface area contributed by atoms with Crippen molar-refractivity contribution in [3.8, 4) is 6.07 Å². The molecular formula is C29H21N3OS. The lowest BCUT2D eigenvalue weighted by Gasteiger charge is -2.09. The molecule has 34 heavy (non-hydrogen) atoms. The second-order valence-electron chi connectivity index (χ2n) is 8.15. The average Bonchev–Trinajstić information content (AvgIpc) is 3.28. The third-order valence-corrected chi connectivity index (χ3v) is 6.61. The second kappa shape index (κ2) is 9.30. The van der Waals surface area contributed by atoms with Crippen molar-refractivity contribution in [2.24, 2.45) is 0 Å². The minimum Gasteiger partial charge on any atom is -0.297 e. The van der Waals surface area contributed by atoms with E-state index in [0.29, 0.717) is 5.13 Å². The summed E-state index contributed by atoms with van der Waals surface area (Å²) >= 11 is 1.42. The van der Waals surface area contributed by atoms with Crippen LogP contribution < -0.4 is 5.32 Å². The fraction of sp³-hybridized carbons (Fsp3) is 0.0690. The smallest absolute Gasteiger partial charge is 0.268 e. The van der Waals surface area contributed by atoms with Gasteiger partial charge in [0.25, 0.3) is 5.91 Å². The first kappa shape index (κ1) is 21.6. The second-order valence-corrected chi connectivity index (χ2v) is 9.27. The topological polar surface area (TPSA) is 65.8 Å². The molecule has 5 aromatic rings. The van der Waals surface area contributed by atoms with Crippen LogP contribution in [-0.2, 0) is 11.2 Å². The van der Waals surface area contributed by atoms with Crippen LogP contribution in [0.25, 0.3) is 27.6 Å². The summed E-state index contributed by atoms with van der Waals surface area (Å²) in [6.45, 7) is 2.07. The molecule has 0 bridgehead atoms. The molecule has 0 saturated heterocycles. The fourth-order valence-electron chi connectivity index (χ4n) is 4.13. The molecule has 0 radical (unpaired) electrons. The molecule has 164 valence electrons. The maximum atomic E-state index is 13.0. The average molecular weight is 460 g/mol. The van der Waals surface area contributed by atoms with Gasteiger partial charge in [0.2, 0.25) is 0 Å². The number of hydrogen-bond acceptors (Lipinski definition) is 4. The molecule has 0 spiro atoms. The van der Waals surface area contributed by atoms with Gasteiger partial charge in [-0.25, -0.2) is 4.98 Å². The number of thiazole rings is 1. The molecule has 1 aromatic heterocycles. The minimum atomic E-state index is -0.462. The standard InChI is InChI=1S/C29H21N3OS/c1-19-7-6-8-20(13-19)14-24-18-31-29(34-24)32-28(33)23(17-30)16-27-25-11-4-2-9-21(25)15-22-10-3-5-12-26(22)27/h2-13,15-16,18H,14H2,1H3,(H,31,32,33). The Morgan fingerprint density at radius 1 is 1.00 bits per heavy atom. The van der Waals surface area contributed by atoms with Crippen molar-refractivity contribution in [1.82, 2.24) is 4.98 Å². The first-order valence-corrected chi connectivity index (χ1v) is 11.8. The van der Waals surface area contributed by atoms with Gasteiger partial charge in [0.1, 0.15) is 11.6 Å². The molecule has 0 unspecified atom stereocenters. The number of amides is 1. The molecule has 1 heterocycles. The lowest BCUT2D eigenvalue weighted by Crippen LogP contribution is -2.13. The Bertz CT molecular complexity index is 1550. The summed E-state index contributed by atoms with van der Waals surface area (Å²) < 4.78 is 0. The van der Waals surface area contributed by atoms with E-state index in [2.05, 4.69) is 47.6 Å². The molecule has 0 aliphatic heterocycles. The Morgan fingerprint density at radius 3 is 2.38 bits per heavy atom. The van der Waals surface area contributed by atoms with Crippen molar-refractivity contribution < 1.29 is 4.79 Å². The first-order valence-electron chi connectivity index (χ1n) is 10.9. The summed E-state index contributed by atoms with van der Waals surface area (Å²) in [6, 6.07) is 28.5. The monoisotopic (exact) mass is 459 g/mol. The van der Waals surface area contributed by atoms with E-state index in [-0.39, 0.29) is 5.57 Å². The summed E-state index contributed by atoms with van der Waals surface area (Å²) in [5.74, 6) is -0.462. The lowest BCUT2D eigenvalue weighted by atomic mass is 9.95. The summed E-state index contributed by atoms with van der Waals surface area (Å²) in [4.78, 5) is 18.4. The summed E-state index contributed by atoms with van der Waals surface area (Å²) in [7, 11) is 0. The summed E-state index contributed by atoms with van der Waals surface area (Å²) in [5.41, 5.74) is 3.30. The van der Waals surface area contributed by atoms with Gasteiger partial charge in [0.15, 0.2) is 5.13 Å². The van der Waals surface area contributed by atoms with Gasteiger partial charge < -0.3 is 0 Å². The number of carbonyl (C=O) groups excluding carboxylic acids is 1. The van der Waals surface area contributed by atoms with Crippen LogP contribution in [0.1, 0.15) is 21.6 Å². The number of rotatable bonds is 5. The Hall–Kier alpha value is -4.27. The molecule has 4 aromatic carbocycles. The van der Waals surface area contributed by atoms with Crippen LogP contribution in [0.5, 0.6) is 0 Å². The van der Waals surface area contributed by atoms with E-state index in [1.54, 1.807) is 12.3 Å². The van der Waals surface area contributed by atoms with Crippen LogP contribution >= 0.6 is 11.3 Å². The van der Waals surface area contributed by atoms with Crippen molar-refractivity contribution in [2.45, 2.75) is 13.3 Å². The van der Waals surface area contributed by atoms with Crippen LogP contribution in [0.4, 0.5) is 5.13 Å². The van der Waals surface area contributed by atoms with E-state index < -0.39 is 5.91 Å². The number of anilines is 1. The van der Waals surface area contributed by atoms with Gasteiger partial charge in [-0.2, -0.15) is 5.26 Å². The van der Waals surface area contributed by atoms with Crippen molar-refractivity contribution in [2.75, 3.05) is 5.32 Å². The zero-order chi connectivity index (χ0) is 23.5. The number of aryl methyl sites for hydroxylation is 1. The molecule has 1 N–H and O–H groups in total. The van der Waals surface area contributed by atoms with E-state index in [4.69, 9.17) is 0 Å². The van der Waals surface area contributed by atoms with Crippen LogP contribution in [0.3, 0.4) is 0 Å². The van der Waals surface area contributed by atoms with E-state index in [9.17, 15) is 10.1 Å². The maximum absolute atomic E-state index is 13.0. The SMILES string of the molecule is Cc1cccc(Cc2cnc(NC(=O)C(C#N)=Cc3c4ccccc4cc4ccccc34)s2)c1. The minimum absolute atomic E-state index is 0.0388. The van der Waals surface area contributed by atoms with Crippen molar-refractivity contribution in [1.29, 1.82) is 5.26 Å². The molecule has 5 heteroatoms. The molecule has 0 fully saturated rings. The number of hydrogen-bond donors (Lipinski definition) is 1. The van der Waals surface area contributed by atoms with Gasteiger partial charge in [-0.1, -0.05) is 78.4 Å². The number of nitrogens with one attached hydrogen (secondary N) is 1. The maximum Gasteiger partial charge on any atom is 0.268 e. The number of benzene rings is 4. The van der Waals surface area contributed by atoms with E-state index >= 15 is 0 Å². The van der Waals surface area contributed by atoms with Crippen molar-refractivity contribution >= 4 is 50.0 Å². The number of aromatic nitrogens is 1. The van der Waals surface area contributed by atoms with E-state index in [0.717, 1.165) is 38.4 Å². The number of nitriles is 1. The van der Waals surface area contributed by atoms with Crippen LogP contribution in [-0.4, -0.2) is 10.9 Å². The van der Waals surface area contributed by atoms with Gasteiger partial charge >= 0.3 is 0 Å². The largest absolute Gasteiger partial charge is 0.297 e.